The summed E-state index contributed by atoms with van der Waals surface area (Å²) < 4.78 is 0. The Bertz CT molecular complexity index is 199. The van der Waals surface area contributed by atoms with Crippen LogP contribution in [0.25, 0.3) is 0 Å². The van der Waals surface area contributed by atoms with E-state index >= 15 is 0 Å². The van der Waals surface area contributed by atoms with E-state index in [1.165, 1.54) is 12.8 Å². The minimum atomic E-state index is 0.229. The second-order valence-corrected chi connectivity index (χ2v) is 4.91. The summed E-state index contributed by atoms with van der Waals surface area (Å²) in [4.78, 5) is 2.57. The summed E-state index contributed by atoms with van der Waals surface area (Å²) in [5.74, 6) is 0. The molecule has 2 nitrogen and oxygen atoms in total. The van der Waals surface area contributed by atoms with E-state index in [2.05, 4.69) is 51.4 Å². The van der Waals surface area contributed by atoms with Gasteiger partial charge in [0.05, 0.1) is 0 Å². The van der Waals surface area contributed by atoms with E-state index in [0.717, 1.165) is 26.1 Å². The molecular weight excluding hydrogens is 208 g/mol. The van der Waals surface area contributed by atoms with Crippen LogP contribution in [0.2, 0.25) is 0 Å². The third-order valence-electron chi connectivity index (χ3n) is 4.00. The SMILES string of the molecule is C=CCC(NCCC)C(C)(CC)N(CC)CC. The molecule has 0 aromatic carbocycles. The van der Waals surface area contributed by atoms with Crippen molar-refractivity contribution in [1.29, 1.82) is 0 Å². The number of rotatable bonds is 10. The zero-order valence-corrected chi connectivity index (χ0v) is 12.6. The van der Waals surface area contributed by atoms with Gasteiger partial charge in [-0.25, -0.2) is 0 Å². The molecule has 0 aliphatic carbocycles. The Morgan fingerprint density at radius 2 is 1.82 bits per heavy atom. The summed E-state index contributed by atoms with van der Waals surface area (Å²) in [6.45, 7) is 18.6. The quantitative estimate of drug-likeness (QED) is 0.588. The first kappa shape index (κ1) is 16.7. The van der Waals surface area contributed by atoms with Crippen LogP contribution < -0.4 is 5.32 Å². The smallest absolute Gasteiger partial charge is 0.0334 e. The van der Waals surface area contributed by atoms with Crippen molar-refractivity contribution < 1.29 is 0 Å². The Labute approximate surface area is 108 Å². The molecule has 0 aromatic rings. The molecule has 0 amide bonds. The molecule has 0 saturated carbocycles. The zero-order valence-electron chi connectivity index (χ0n) is 12.6. The Morgan fingerprint density at radius 3 is 2.18 bits per heavy atom. The highest BCUT2D eigenvalue weighted by molar-refractivity contribution is 4.98. The molecule has 0 fully saturated rings. The predicted molar refractivity (Wildman–Crippen MR) is 78.5 cm³/mol. The van der Waals surface area contributed by atoms with Crippen LogP contribution in [-0.2, 0) is 0 Å². The number of nitrogens with zero attached hydrogens (tertiary/aromatic N) is 1. The van der Waals surface area contributed by atoms with Crippen LogP contribution in [0.5, 0.6) is 0 Å². The van der Waals surface area contributed by atoms with E-state index in [4.69, 9.17) is 0 Å². The fraction of sp³-hybridized carbons (Fsp3) is 0.867. The van der Waals surface area contributed by atoms with Gasteiger partial charge >= 0.3 is 0 Å². The highest BCUT2D eigenvalue weighted by Gasteiger charge is 2.35. The topological polar surface area (TPSA) is 15.3 Å². The second kappa shape index (κ2) is 8.71. The first-order valence-electron chi connectivity index (χ1n) is 7.19. The van der Waals surface area contributed by atoms with Gasteiger partial charge in [0.2, 0.25) is 0 Å². The van der Waals surface area contributed by atoms with E-state index in [-0.39, 0.29) is 5.54 Å². The maximum Gasteiger partial charge on any atom is 0.0334 e. The van der Waals surface area contributed by atoms with Crippen LogP contribution in [0.1, 0.15) is 53.9 Å². The lowest BCUT2D eigenvalue weighted by Crippen LogP contribution is -2.59. The molecule has 0 aliphatic heterocycles. The first-order chi connectivity index (χ1) is 8.10. The fourth-order valence-corrected chi connectivity index (χ4v) is 2.68. The molecule has 2 heteroatoms. The van der Waals surface area contributed by atoms with Gasteiger partial charge in [-0.2, -0.15) is 0 Å². The molecule has 1 N–H and O–H groups in total. The number of likely N-dealkylation sites (N-methyl/N-ethyl adjacent to an activating group) is 1. The second-order valence-electron chi connectivity index (χ2n) is 4.91. The summed E-state index contributed by atoms with van der Waals surface area (Å²) in [5, 5.41) is 3.70. The van der Waals surface area contributed by atoms with Crippen LogP contribution in [0, 0.1) is 0 Å². The number of hydrogen-bond acceptors (Lipinski definition) is 2. The first-order valence-corrected chi connectivity index (χ1v) is 7.19. The highest BCUT2D eigenvalue weighted by Crippen LogP contribution is 2.25. The lowest BCUT2D eigenvalue weighted by atomic mass is 9.85. The maximum absolute atomic E-state index is 3.91. The number of hydrogen-bond donors (Lipinski definition) is 1. The summed E-state index contributed by atoms with van der Waals surface area (Å²) in [5.41, 5.74) is 0.229. The summed E-state index contributed by atoms with van der Waals surface area (Å²) in [7, 11) is 0. The fourth-order valence-electron chi connectivity index (χ4n) is 2.68. The van der Waals surface area contributed by atoms with Gasteiger partial charge in [0.1, 0.15) is 0 Å². The van der Waals surface area contributed by atoms with Gasteiger partial charge in [-0.05, 0) is 45.8 Å². The van der Waals surface area contributed by atoms with E-state index in [1.807, 2.05) is 6.08 Å². The van der Waals surface area contributed by atoms with Crippen LogP contribution in [0.15, 0.2) is 12.7 Å². The minimum absolute atomic E-state index is 0.229. The lowest BCUT2D eigenvalue weighted by Gasteiger charge is -2.46. The molecule has 2 unspecified atom stereocenters. The van der Waals surface area contributed by atoms with Crippen LogP contribution >= 0.6 is 0 Å². The van der Waals surface area contributed by atoms with Gasteiger partial charge < -0.3 is 5.32 Å². The minimum Gasteiger partial charge on any atom is -0.312 e. The third-order valence-corrected chi connectivity index (χ3v) is 4.00. The van der Waals surface area contributed by atoms with Gasteiger partial charge in [0, 0.05) is 11.6 Å². The maximum atomic E-state index is 3.91. The molecule has 0 bridgehead atoms. The van der Waals surface area contributed by atoms with Gasteiger partial charge in [0.25, 0.3) is 0 Å². The predicted octanol–water partition coefficient (Wildman–Crippen LogP) is 3.44. The Hall–Kier alpha value is -0.340. The van der Waals surface area contributed by atoms with E-state index in [1.54, 1.807) is 0 Å². The zero-order chi connectivity index (χ0) is 13.3. The van der Waals surface area contributed by atoms with Crippen molar-refractivity contribution in [1.82, 2.24) is 10.2 Å². The molecule has 0 saturated heterocycles. The summed E-state index contributed by atoms with van der Waals surface area (Å²) >= 11 is 0. The molecule has 0 radical (unpaired) electrons. The van der Waals surface area contributed by atoms with Gasteiger partial charge in [0.15, 0.2) is 0 Å². The van der Waals surface area contributed by atoms with E-state index in [9.17, 15) is 0 Å². The Morgan fingerprint density at radius 1 is 1.24 bits per heavy atom. The van der Waals surface area contributed by atoms with E-state index in [0.29, 0.717) is 6.04 Å². The molecule has 0 rings (SSSR count). The van der Waals surface area contributed by atoms with Crippen molar-refractivity contribution in [2.75, 3.05) is 19.6 Å². The lowest BCUT2D eigenvalue weighted by molar-refractivity contribution is 0.0711. The average Bonchev–Trinajstić information content (AvgIpc) is 2.35. The molecule has 0 aliphatic rings. The summed E-state index contributed by atoms with van der Waals surface area (Å²) in [6, 6.07) is 0.504. The Kier molecular flexibility index (Phi) is 8.53. The number of nitrogens with one attached hydrogen (secondary N) is 1. The molecule has 2 atom stereocenters. The van der Waals surface area contributed by atoms with Crippen molar-refractivity contribution in [3.8, 4) is 0 Å². The standard InChI is InChI=1S/C15H32N2/c1-7-12-14(16-13-8-2)15(6,9-3)17(10-4)11-5/h7,14,16H,1,8-13H2,2-6H3. The van der Waals surface area contributed by atoms with Gasteiger partial charge in [-0.3, -0.25) is 4.90 Å². The van der Waals surface area contributed by atoms with Crippen LogP contribution in [0.4, 0.5) is 0 Å². The van der Waals surface area contributed by atoms with Crippen molar-refractivity contribution in [3.05, 3.63) is 12.7 Å². The van der Waals surface area contributed by atoms with Gasteiger partial charge in [-0.1, -0.05) is 33.8 Å². The van der Waals surface area contributed by atoms with Crippen molar-refractivity contribution in [2.24, 2.45) is 0 Å². The highest BCUT2D eigenvalue weighted by atomic mass is 15.2. The molecule has 0 spiro atoms. The van der Waals surface area contributed by atoms with Gasteiger partial charge in [-0.15, -0.1) is 6.58 Å². The molecule has 102 valence electrons. The van der Waals surface area contributed by atoms with Crippen molar-refractivity contribution in [2.45, 2.75) is 65.5 Å². The Balaban J connectivity index is 4.87. The average molecular weight is 240 g/mol. The molecule has 0 heterocycles. The van der Waals surface area contributed by atoms with Crippen molar-refractivity contribution in [3.63, 3.8) is 0 Å². The monoisotopic (exact) mass is 240 g/mol. The molecular formula is C15H32N2. The normalized spacial score (nSPS) is 16.8. The van der Waals surface area contributed by atoms with Crippen LogP contribution in [0.3, 0.4) is 0 Å². The third kappa shape index (κ3) is 4.44. The molecule has 0 aromatic heterocycles. The largest absolute Gasteiger partial charge is 0.312 e. The van der Waals surface area contributed by atoms with E-state index < -0.39 is 0 Å². The van der Waals surface area contributed by atoms with Crippen LogP contribution in [-0.4, -0.2) is 36.1 Å². The van der Waals surface area contributed by atoms with Crippen molar-refractivity contribution >= 4 is 0 Å². The molecule has 17 heavy (non-hydrogen) atoms. The summed E-state index contributed by atoms with van der Waals surface area (Å²) in [6.07, 6.45) is 5.45.